The third kappa shape index (κ3) is 33.8. The third-order valence-corrected chi connectivity index (χ3v) is 8.85. The standard InChI is InChI=1S/C41H77NO3/c1-3-5-7-9-11-13-15-17-19-21-23-25-27-29-31-33-35-37-41(45)42-39(38-43)40(44)36-34-32-30-28-26-24-22-20-18-16-14-12-10-8-6-4-2/h17,19,26,28,34,36,39-40,43-44H,3-16,18,20-25,27,29-33,35,37-38H2,1-2H3,(H,42,45)/b19-17-,28-26+,36-34+. The number of hydrogen-bond acceptors (Lipinski definition) is 3. The molecule has 0 aliphatic rings. The summed E-state index contributed by atoms with van der Waals surface area (Å²) in [4.78, 5) is 12.3. The molecule has 0 aliphatic carbocycles. The van der Waals surface area contributed by atoms with E-state index in [1.165, 1.54) is 148 Å². The van der Waals surface area contributed by atoms with Crippen LogP contribution in [0.2, 0.25) is 0 Å². The molecule has 0 fully saturated rings. The van der Waals surface area contributed by atoms with Crippen molar-refractivity contribution in [1.29, 1.82) is 0 Å². The van der Waals surface area contributed by atoms with Crippen LogP contribution in [-0.2, 0) is 4.79 Å². The lowest BCUT2D eigenvalue weighted by Crippen LogP contribution is -2.45. The molecular formula is C41H77NO3. The maximum Gasteiger partial charge on any atom is 0.220 e. The van der Waals surface area contributed by atoms with E-state index in [1.807, 2.05) is 6.08 Å². The van der Waals surface area contributed by atoms with Crippen LogP contribution in [0.3, 0.4) is 0 Å². The van der Waals surface area contributed by atoms with Gasteiger partial charge in [0.1, 0.15) is 0 Å². The second-order valence-corrected chi connectivity index (χ2v) is 13.3. The Kier molecular flexibility index (Phi) is 35.9. The molecule has 2 atom stereocenters. The zero-order valence-corrected chi connectivity index (χ0v) is 30.1. The number of nitrogens with one attached hydrogen (secondary N) is 1. The van der Waals surface area contributed by atoms with Crippen LogP contribution in [0.1, 0.15) is 200 Å². The molecule has 0 aromatic carbocycles. The lowest BCUT2D eigenvalue weighted by atomic mass is 10.1. The first-order valence-electron chi connectivity index (χ1n) is 19.7. The van der Waals surface area contributed by atoms with E-state index >= 15 is 0 Å². The molecule has 0 aromatic rings. The molecule has 0 aliphatic heterocycles. The van der Waals surface area contributed by atoms with Crippen LogP contribution in [0, 0.1) is 0 Å². The van der Waals surface area contributed by atoms with Crippen molar-refractivity contribution >= 4 is 5.91 Å². The van der Waals surface area contributed by atoms with Crippen molar-refractivity contribution in [3.05, 3.63) is 36.5 Å². The van der Waals surface area contributed by atoms with Crippen LogP contribution in [0.4, 0.5) is 0 Å². The first-order valence-corrected chi connectivity index (χ1v) is 19.7. The molecule has 3 N–H and O–H groups in total. The van der Waals surface area contributed by atoms with E-state index in [4.69, 9.17) is 0 Å². The second-order valence-electron chi connectivity index (χ2n) is 13.3. The quantitative estimate of drug-likeness (QED) is 0.0481. The fraction of sp³-hybridized carbons (Fsp3) is 0.829. The highest BCUT2D eigenvalue weighted by molar-refractivity contribution is 5.76. The number of carbonyl (C=O) groups excluding carboxylic acids is 1. The minimum Gasteiger partial charge on any atom is -0.394 e. The lowest BCUT2D eigenvalue weighted by molar-refractivity contribution is -0.123. The Hall–Kier alpha value is -1.39. The van der Waals surface area contributed by atoms with Crippen molar-refractivity contribution in [3.8, 4) is 0 Å². The second kappa shape index (κ2) is 37.1. The minimum absolute atomic E-state index is 0.0795. The van der Waals surface area contributed by atoms with Gasteiger partial charge in [-0.1, -0.05) is 172 Å². The zero-order chi connectivity index (χ0) is 32.9. The van der Waals surface area contributed by atoms with Gasteiger partial charge in [-0.05, 0) is 57.8 Å². The fourth-order valence-corrected chi connectivity index (χ4v) is 5.78. The first kappa shape index (κ1) is 43.6. The number of unbranched alkanes of at least 4 members (excludes halogenated alkanes) is 24. The van der Waals surface area contributed by atoms with Gasteiger partial charge in [-0.15, -0.1) is 0 Å². The number of amides is 1. The molecule has 0 rings (SSSR count). The topological polar surface area (TPSA) is 69.6 Å². The highest BCUT2D eigenvalue weighted by Gasteiger charge is 2.17. The number of aliphatic hydroxyl groups excluding tert-OH is 2. The highest BCUT2D eigenvalue weighted by atomic mass is 16.3. The van der Waals surface area contributed by atoms with Crippen molar-refractivity contribution in [2.45, 2.75) is 212 Å². The van der Waals surface area contributed by atoms with Crippen molar-refractivity contribution in [3.63, 3.8) is 0 Å². The van der Waals surface area contributed by atoms with Crippen LogP contribution in [-0.4, -0.2) is 34.9 Å². The maximum absolute atomic E-state index is 12.3. The molecule has 0 bridgehead atoms. The Bertz CT molecular complexity index is 686. The molecule has 264 valence electrons. The molecule has 1 amide bonds. The van der Waals surface area contributed by atoms with E-state index in [9.17, 15) is 15.0 Å². The van der Waals surface area contributed by atoms with Gasteiger partial charge in [0.05, 0.1) is 18.8 Å². The number of allylic oxidation sites excluding steroid dienone is 5. The monoisotopic (exact) mass is 632 g/mol. The smallest absolute Gasteiger partial charge is 0.220 e. The Morgan fingerprint density at radius 2 is 0.867 bits per heavy atom. The Labute approximate surface area is 281 Å². The molecule has 4 nitrogen and oxygen atoms in total. The van der Waals surface area contributed by atoms with Gasteiger partial charge in [0.15, 0.2) is 0 Å². The van der Waals surface area contributed by atoms with Crippen LogP contribution in [0.25, 0.3) is 0 Å². The van der Waals surface area contributed by atoms with E-state index in [0.29, 0.717) is 6.42 Å². The van der Waals surface area contributed by atoms with Gasteiger partial charge in [-0.3, -0.25) is 4.79 Å². The SMILES string of the molecule is CCCCCCCC/C=C\CCCCCCCCCC(=O)NC(CO)C(O)/C=C/CC/C=C/CCCCCCCCCCCC. The van der Waals surface area contributed by atoms with Crippen LogP contribution in [0.15, 0.2) is 36.5 Å². The van der Waals surface area contributed by atoms with Crippen molar-refractivity contribution < 1.29 is 15.0 Å². The van der Waals surface area contributed by atoms with E-state index in [2.05, 4.69) is 43.5 Å². The molecule has 0 radical (unpaired) electrons. The molecule has 2 unspecified atom stereocenters. The van der Waals surface area contributed by atoms with Crippen LogP contribution < -0.4 is 5.32 Å². The van der Waals surface area contributed by atoms with Gasteiger partial charge in [-0.25, -0.2) is 0 Å². The number of hydrogen-bond donors (Lipinski definition) is 3. The van der Waals surface area contributed by atoms with E-state index in [-0.39, 0.29) is 12.5 Å². The van der Waals surface area contributed by atoms with E-state index < -0.39 is 12.1 Å². The third-order valence-electron chi connectivity index (χ3n) is 8.85. The van der Waals surface area contributed by atoms with Crippen LogP contribution in [0.5, 0.6) is 0 Å². The van der Waals surface area contributed by atoms with E-state index in [0.717, 1.165) is 32.1 Å². The predicted molar refractivity (Wildman–Crippen MR) is 198 cm³/mol. The molecule has 45 heavy (non-hydrogen) atoms. The summed E-state index contributed by atoms with van der Waals surface area (Å²) in [6.07, 6.45) is 48.0. The zero-order valence-electron chi connectivity index (χ0n) is 30.1. The largest absolute Gasteiger partial charge is 0.394 e. The maximum atomic E-state index is 12.3. The summed E-state index contributed by atoms with van der Waals surface area (Å²) in [5.41, 5.74) is 0. The first-order chi connectivity index (χ1) is 22.2. The van der Waals surface area contributed by atoms with E-state index in [1.54, 1.807) is 6.08 Å². The van der Waals surface area contributed by atoms with Gasteiger partial charge in [0, 0.05) is 6.42 Å². The number of aliphatic hydroxyl groups is 2. The molecule has 4 heteroatoms. The predicted octanol–water partition coefficient (Wildman–Crippen LogP) is 11.8. The summed E-state index contributed by atoms with van der Waals surface area (Å²) in [6, 6.07) is -0.638. The number of carbonyl (C=O) groups is 1. The molecule has 0 aromatic heterocycles. The van der Waals surface area contributed by atoms with Crippen molar-refractivity contribution in [2.75, 3.05) is 6.61 Å². The van der Waals surface area contributed by atoms with Gasteiger partial charge in [0.2, 0.25) is 5.91 Å². The van der Waals surface area contributed by atoms with Gasteiger partial charge >= 0.3 is 0 Å². The molecule has 0 spiro atoms. The minimum atomic E-state index is -0.861. The van der Waals surface area contributed by atoms with Gasteiger partial charge < -0.3 is 15.5 Å². The molecule has 0 saturated heterocycles. The normalized spacial score (nSPS) is 13.4. The molecule has 0 saturated carbocycles. The fourth-order valence-electron chi connectivity index (χ4n) is 5.78. The lowest BCUT2D eigenvalue weighted by Gasteiger charge is -2.19. The average Bonchev–Trinajstić information content (AvgIpc) is 3.04. The van der Waals surface area contributed by atoms with Crippen molar-refractivity contribution in [1.82, 2.24) is 5.32 Å². The summed E-state index contributed by atoms with van der Waals surface area (Å²) in [5, 5.41) is 22.9. The molecular weight excluding hydrogens is 554 g/mol. The van der Waals surface area contributed by atoms with Crippen molar-refractivity contribution in [2.24, 2.45) is 0 Å². The van der Waals surface area contributed by atoms with Gasteiger partial charge in [0.25, 0.3) is 0 Å². The summed E-state index contributed by atoms with van der Waals surface area (Å²) in [6.45, 7) is 4.28. The van der Waals surface area contributed by atoms with Crippen LogP contribution >= 0.6 is 0 Å². The molecule has 0 heterocycles. The Balaban J connectivity index is 3.66. The number of rotatable bonds is 35. The summed E-state index contributed by atoms with van der Waals surface area (Å²) in [7, 11) is 0. The highest BCUT2D eigenvalue weighted by Crippen LogP contribution is 2.13. The summed E-state index contributed by atoms with van der Waals surface area (Å²) >= 11 is 0. The Morgan fingerprint density at radius 1 is 0.511 bits per heavy atom. The summed E-state index contributed by atoms with van der Waals surface area (Å²) in [5.74, 6) is -0.0795. The van der Waals surface area contributed by atoms with Gasteiger partial charge in [-0.2, -0.15) is 0 Å². The Morgan fingerprint density at radius 3 is 1.29 bits per heavy atom. The summed E-state index contributed by atoms with van der Waals surface area (Å²) < 4.78 is 0. The average molecular weight is 632 g/mol.